The second-order valence-corrected chi connectivity index (χ2v) is 9.17. The summed E-state index contributed by atoms with van der Waals surface area (Å²) in [6, 6.07) is 6.09. The van der Waals surface area contributed by atoms with Crippen molar-refractivity contribution >= 4 is 33.3 Å². The Hall–Kier alpha value is -2.48. The first-order valence-corrected chi connectivity index (χ1v) is 11.4. The highest BCUT2D eigenvalue weighted by Gasteiger charge is 2.30. The number of likely N-dealkylation sites (tertiary alicyclic amines) is 1. The zero-order valence-corrected chi connectivity index (χ0v) is 18.4. The van der Waals surface area contributed by atoms with Gasteiger partial charge in [0.2, 0.25) is 5.91 Å². The van der Waals surface area contributed by atoms with Crippen molar-refractivity contribution in [3.8, 4) is 0 Å². The zero-order valence-electron chi connectivity index (χ0n) is 16.8. The maximum Gasteiger partial charge on any atom is 0.222 e. The highest BCUT2D eigenvalue weighted by Crippen LogP contribution is 2.35. The molecule has 0 aromatic carbocycles. The fraction of sp³-hybridized carbons (Fsp3) is 0.455. The molecule has 156 valence electrons. The van der Waals surface area contributed by atoms with Crippen molar-refractivity contribution in [2.24, 2.45) is 5.92 Å². The molecule has 1 aliphatic heterocycles. The van der Waals surface area contributed by atoms with Gasteiger partial charge in [0.1, 0.15) is 5.82 Å². The lowest BCUT2D eigenvalue weighted by atomic mass is 9.93. The van der Waals surface area contributed by atoms with E-state index in [4.69, 9.17) is 4.98 Å². The SMILES string of the molecule is O=C(CC1CC1)N1CCC(c2cc(NCc3cccnc3)n3ncc(Br)c3n2)CC1. The number of carbonyl (C=O) groups is 1. The van der Waals surface area contributed by atoms with E-state index in [0.717, 1.165) is 59.5 Å². The predicted octanol–water partition coefficient (Wildman–Crippen LogP) is 4.01. The molecule has 1 amide bonds. The summed E-state index contributed by atoms with van der Waals surface area (Å²) in [6.07, 6.45) is 10.5. The number of rotatable bonds is 6. The van der Waals surface area contributed by atoms with Crippen molar-refractivity contribution in [2.45, 2.75) is 44.6 Å². The number of fused-ring (bicyclic) bond motifs is 1. The molecule has 3 aromatic heterocycles. The number of hydrogen-bond acceptors (Lipinski definition) is 5. The van der Waals surface area contributed by atoms with Crippen LogP contribution in [0.1, 0.15) is 49.3 Å². The van der Waals surface area contributed by atoms with Crippen molar-refractivity contribution in [1.29, 1.82) is 0 Å². The molecule has 7 nitrogen and oxygen atoms in total. The molecule has 2 aliphatic rings. The highest BCUT2D eigenvalue weighted by molar-refractivity contribution is 9.10. The van der Waals surface area contributed by atoms with Crippen LogP contribution in [0.25, 0.3) is 5.65 Å². The first kappa shape index (κ1) is 19.5. The van der Waals surface area contributed by atoms with Crippen molar-refractivity contribution in [2.75, 3.05) is 18.4 Å². The Morgan fingerprint density at radius 2 is 2.03 bits per heavy atom. The Morgan fingerprint density at radius 3 is 2.77 bits per heavy atom. The van der Waals surface area contributed by atoms with Crippen molar-refractivity contribution in [1.82, 2.24) is 24.5 Å². The molecule has 0 atom stereocenters. The van der Waals surface area contributed by atoms with Crippen LogP contribution >= 0.6 is 15.9 Å². The molecule has 4 heterocycles. The normalized spacial score (nSPS) is 17.4. The number of nitrogens with zero attached hydrogens (tertiary/aromatic N) is 5. The number of carbonyl (C=O) groups excluding carboxylic acids is 1. The van der Waals surface area contributed by atoms with Crippen LogP contribution in [-0.4, -0.2) is 43.5 Å². The Bertz CT molecular complexity index is 1040. The Morgan fingerprint density at radius 1 is 1.20 bits per heavy atom. The molecule has 0 bridgehead atoms. The van der Waals surface area contributed by atoms with Gasteiger partial charge in [0.25, 0.3) is 0 Å². The minimum atomic E-state index is 0.330. The molecule has 2 fully saturated rings. The molecule has 5 rings (SSSR count). The number of nitrogens with one attached hydrogen (secondary N) is 1. The van der Waals surface area contributed by atoms with E-state index >= 15 is 0 Å². The Balaban J connectivity index is 1.33. The number of pyridine rings is 1. The summed E-state index contributed by atoms with van der Waals surface area (Å²) < 4.78 is 2.71. The summed E-state index contributed by atoms with van der Waals surface area (Å²) in [4.78, 5) is 23.6. The fourth-order valence-electron chi connectivity index (χ4n) is 4.11. The average molecular weight is 469 g/mol. The largest absolute Gasteiger partial charge is 0.366 e. The van der Waals surface area contributed by atoms with Gasteiger partial charge in [-0.05, 0) is 59.2 Å². The number of anilines is 1. The van der Waals surface area contributed by atoms with E-state index < -0.39 is 0 Å². The van der Waals surface area contributed by atoms with Gasteiger partial charge in [-0.15, -0.1) is 0 Å². The third-order valence-electron chi connectivity index (χ3n) is 6.07. The smallest absolute Gasteiger partial charge is 0.222 e. The van der Waals surface area contributed by atoms with Crippen molar-refractivity contribution in [3.05, 3.63) is 52.5 Å². The van der Waals surface area contributed by atoms with E-state index in [1.54, 1.807) is 12.4 Å². The lowest BCUT2D eigenvalue weighted by Gasteiger charge is -2.32. The van der Waals surface area contributed by atoms with Crippen LogP contribution < -0.4 is 5.32 Å². The Labute approximate surface area is 184 Å². The molecule has 3 aromatic rings. The number of hydrogen-bond donors (Lipinski definition) is 1. The molecular formula is C22H25BrN6O. The van der Waals surface area contributed by atoms with Crippen molar-refractivity contribution < 1.29 is 4.79 Å². The number of aromatic nitrogens is 4. The monoisotopic (exact) mass is 468 g/mol. The summed E-state index contributed by atoms with van der Waals surface area (Å²) in [5, 5.41) is 7.95. The van der Waals surface area contributed by atoms with Gasteiger partial charge >= 0.3 is 0 Å². The number of piperidine rings is 1. The molecule has 0 unspecified atom stereocenters. The van der Waals surface area contributed by atoms with Gasteiger partial charge in [0, 0.05) is 56.1 Å². The summed E-state index contributed by atoms with van der Waals surface area (Å²) >= 11 is 3.58. The topological polar surface area (TPSA) is 75.4 Å². The third kappa shape index (κ3) is 4.19. The second kappa shape index (κ2) is 8.34. The zero-order chi connectivity index (χ0) is 20.5. The molecule has 30 heavy (non-hydrogen) atoms. The van der Waals surface area contributed by atoms with E-state index in [9.17, 15) is 4.79 Å². The summed E-state index contributed by atoms with van der Waals surface area (Å²) in [5.74, 6) is 2.24. The third-order valence-corrected chi connectivity index (χ3v) is 6.63. The van der Waals surface area contributed by atoms with Crippen LogP contribution in [0.4, 0.5) is 5.82 Å². The first-order valence-electron chi connectivity index (χ1n) is 10.6. The van der Waals surface area contributed by atoms with Crippen LogP contribution in [0.15, 0.2) is 41.3 Å². The highest BCUT2D eigenvalue weighted by atomic mass is 79.9. The summed E-state index contributed by atoms with van der Waals surface area (Å²) in [7, 11) is 0. The standard InChI is InChI=1S/C22H25BrN6O/c23-18-14-26-29-20(25-13-16-2-1-7-24-12-16)11-19(27-22(18)29)17-5-8-28(9-6-17)21(30)10-15-3-4-15/h1-2,7,11-12,14-15,17,25H,3-6,8-10,13H2. The van der Waals surface area contributed by atoms with Gasteiger partial charge < -0.3 is 10.2 Å². The Kier molecular flexibility index (Phi) is 5.41. The molecule has 1 aliphatic carbocycles. The minimum absolute atomic E-state index is 0.330. The van der Waals surface area contributed by atoms with Crippen LogP contribution in [0, 0.1) is 5.92 Å². The minimum Gasteiger partial charge on any atom is -0.366 e. The maximum atomic E-state index is 12.4. The van der Waals surface area contributed by atoms with E-state index in [-0.39, 0.29) is 0 Å². The van der Waals surface area contributed by atoms with Gasteiger partial charge in [-0.25, -0.2) is 4.98 Å². The van der Waals surface area contributed by atoms with Gasteiger partial charge in [0.15, 0.2) is 5.65 Å². The summed E-state index contributed by atoms with van der Waals surface area (Å²) in [6.45, 7) is 2.31. The lowest BCUT2D eigenvalue weighted by molar-refractivity contribution is -0.132. The molecule has 0 radical (unpaired) electrons. The van der Waals surface area contributed by atoms with Gasteiger partial charge in [0.05, 0.1) is 10.7 Å². The second-order valence-electron chi connectivity index (χ2n) is 8.31. The van der Waals surface area contributed by atoms with Crippen molar-refractivity contribution in [3.63, 3.8) is 0 Å². The van der Waals surface area contributed by atoms with E-state index in [0.29, 0.717) is 24.3 Å². The molecule has 1 N–H and O–H groups in total. The van der Waals surface area contributed by atoms with E-state index in [1.165, 1.54) is 12.8 Å². The quantitative estimate of drug-likeness (QED) is 0.591. The lowest BCUT2D eigenvalue weighted by Crippen LogP contribution is -2.38. The summed E-state index contributed by atoms with van der Waals surface area (Å²) in [5.41, 5.74) is 2.98. The number of halogens is 1. The van der Waals surface area contributed by atoms with Gasteiger partial charge in [-0.2, -0.15) is 9.61 Å². The molecule has 8 heteroatoms. The van der Waals surface area contributed by atoms with Crippen LogP contribution in [-0.2, 0) is 11.3 Å². The fourth-order valence-corrected chi connectivity index (χ4v) is 4.46. The van der Waals surface area contributed by atoms with Gasteiger partial charge in [-0.3, -0.25) is 9.78 Å². The molecule has 1 saturated heterocycles. The van der Waals surface area contributed by atoms with Crippen LogP contribution in [0.3, 0.4) is 0 Å². The van der Waals surface area contributed by atoms with E-state index in [1.807, 2.05) is 27.7 Å². The predicted molar refractivity (Wildman–Crippen MR) is 118 cm³/mol. The number of amides is 1. The van der Waals surface area contributed by atoms with Gasteiger partial charge in [-0.1, -0.05) is 6.07 Å². The maximum absolute atomic E-state index is 12.4. The van der Waals surface area contributed by atoms with Crippen LogP contribution in [0.2, 0.25) is 0 Å². The molecule has 0 spiro atoms. The molecular weight excluding hydrogens is 444 g/mol. The molecule has 1 saturated carbocycles. The first-order chi connectivity index (χ1) is 14.7. The van der Waals surface area contributed by atoms with E-state index in [2.05, 4.69) is 37.4 Å². The average Bonchev–Trinajstić information content (AvgIpc) is 3.53. The van der Waals surface area contributed by atoms with Crippen LogP contribution in [0.5, 0.6) is 0 Å².